The number of rotatable bonds is 10. The van der Waals surface area contributed by atoms with E-state index in [1.807, 2.05) is 0 Å². The first kappa shape index (κ1) is 33.2. The number of fused-ring (bicyclic) bond motifs is 1. The van der Waals surface area contributed by atoms with Crippen LogP contribution < -0.4 is 30.8 Å². The average molecular weight is 672 g/mol. The fourth-order valence-corrected chi connectivity index (χ4v) is 5.72. The van der Waals surface area contributed by atoms with Crippen LogP contribution in [-0.2, 0) is 21.3 Å². The van der Waals surface area contributed by atoms with Crippen molar-refractivity contribution in [2.24, 2.45) is 12.8 Å². The van der Waals surface area contributed by atoms with Gasteiger partial charge >= 0.3 is 5.97 Å². The minimum atomic E-state index is -0.822. The van der Waals surface area contributed by atoms with Crippen LogP contribution in [0.1, 0.15) is 35.5 Å². The van der Waals surface area contributed by atoms with Crippen LogP contribution in [0, 0.1) is 5.82 Å². The Morgan fingerprint density at radius 3 is 2.45 bits per heavy atom. The molecule has 1 aliphatic heterocycles. The minimum Gasteiger partial charge on any atom is -0.493 e. The largest absolute Gasteiger partial charge is 0.493 e. The lowest BCUT2D eigenvalue weighted by atomic mass is 10.1. The van der Waals surface area contributed by atoms with Gasteiger partial charge in [-0.1, -0.05) is 18.2 Å². The van der Waals surface area contributed by atoms with Crippen LogP contribution in [0.4, 0.5) is 10.1 Å². The molecule has 14 heteroatoms. The Bertz CT molecular complexity index is 2100. The van der Waals surface area contributed by atoms with Crippen LogP contribution in [0.5, 0.6) is 23.0 Å². The Morgan fingerprint density at radius 2 is 1.76 bits per heavy atom. The number of anilines is 1. The van der Waals surface area contributed by atoms with Crippen LogP contribution in [0.2, 0.25) is 0 Å². The Hall–Kier alpha value is -5.73. The fraction of sp³-hybridized carbons (Fsp3) is 0.257. The predicted octanol–water partition coefficient (Wildman–Crippen LogP) is 4.65. The zero-order valence-corrected chi connectivity index (χ0v) is 27.1. The molecule has 0 bridgehead atoms. The summed E-state index contributed by atoms with van der Waals surface area (Å²) in [5.41, 5.74) is 6.24. The first-order valence-electron chi connectivity index (χ1n) is 15.3. The van der Waals surface area contributed by atoms with Crippen molar-refractivity contribution in [3.05, 3.63) is 100 Å². The second kappa shape index (κ2) is 13.8. The van der Waals surface area contributed by atoms with Gasteiger partial charge in [0.25, 0.3) is 11.5 Å². The highest BCUT2D eigenvalue weighted by Crippen LogP contribution is 2.38. The summed E-state index contributed by atoms with van der Waals surface area (Å²) in [6.45, 7) is 1.56. The van der Waals surface area contributed by atoms with Crippen LogP contribution in [0.3, 0.4) is 0 Å². The molecule has 1 saturated heterocycles. The maximum absolute atomic E-state index is 15.5. The molecule has 254 valence electrons. The van der Waals surface area contributed by atoms with E-state index in [1.54, 1.807) is 55.6 Å². The van der Waals surface area contributed by atoms with E-state index in [1.165, 1.54) is 48.8 Å². The van der Waals surface area contributed by atoms with E-state index in [2.05, 4.69) is 10.3 Å². The molecule has 1 fully saturated rings. The third kappa shape index (κ3) is 6.55. The summed E-state index contributed by atoms with van der Waals surface area (Å²) in [7, 11) is 4.64. The first-order valence-corrected chi connectivity index (χ1v) is 15.3. The monoisotopic (exact) mass is 671 g/mol. The maximum Gasteiger partial charge on any atom is 0.322 e. The number of hydrogen-bond acceptors (Lipinski definition) is 10. The van der Waals surface area contributed by atoms with Crippen molar-refractivity contribution in [2.45, 2.75) is 31.6 Å². The van der Waals surface area contributed by atoms with Crippen molar-refractivity contribution in [1.82, 2.24) is 14.3 Å². The first-order chi connectivity index (χ1) is 23.6. The molecule has 13 nitrogen and oxygen atoms in total. The smallest absolute Gasteiger partial charge is 0.322 e. The van der Waals surface area contributed by atoms with Crippen molar-refractivity contribution in [1.29, 1.82) is 0 Å². The molecule has 0 saturated carbocycles. The predicted molar refractivity (Wildman–Crippen MR) is 177 cm³/mol. The summed E-state index contributed by atoms with van der Waals surface area (Å²) in [5.74, 6) is -1.00. The van der Waals surface area contributed by atoms with Gasteiger partial charge in [-0.25, -0.2) is 9.07 Å². The molecule has 1 amide bonds. The maximum atomic E-state index is 15.5. The van der Waals surface area contributed by atoms with Gasteiger partial charge in [-0.05, 0) is 43.3 Å². The summed E-state index contributed by atoms with van der Waals surface area (Å²) in [6, 6.07) is 16.8. The highest BCUT2D eigenvalue weighted by molar-refractivity contribution is 6.05. The summed E-state index contributed by atoms with van der Waals surface area (Å²) in [5, 5.41) is 3.21. The number of aromatic nitrogens is 3. The standard InChI is InChI=1S/C35H34FN5O8/c1-19(37)35(44)48-22-15-30(47-18-22)32-31(34(43)41(40(32)2)21-8-6-5-7-9-21)33(42)39-20-10-11-27(24(36)14-20)49-26-12-13-38-25-17-29(46-4)28(45-3)16-23(25)26/h5-14,16-17,19,22,30H,15,18,37H2,1-4H3,(H,39,42)/t19?,22-,30-/m0/s1. The SMILES string of the molecule is COc1cc2nccc(Oc3ccc(NC(=O)c4c([C@@H]5C[C@H](OC(=O)C(C)N)CO5)n(C)n(-c5ccccc5)c4=O)cc3F)c2cc1OC. The molecule has 0 spiro atoms. The van der Waals surface area contributed by atoms with Crippen molar-refractivity contribution in [3.63, 3.8) is 0 Å². The van der Waals surface area contributed by atoms with Gasteiger partial charge in [-0.15, -0.1) is 0 Å². The van der Waals surface area contributed by atoms with E-state index < -0.39 is 41.5 Å². The molecule has 49 heavy (non-hydrogen) atoms. The topological polar surface area (TPSA) is 158 Å². The summed E-state index contributed by atoms with van der Waals surface area (Å²) in [6.07, 6.45) is 0.315. The number of methoxy groups -OCH3 is 2. The summed E-state index contributed by atoms with van der Waals surface area (Å²) < 4.78 is 46.4. The molecule has 5 aromatic rings. The highest BCUT2D eigenvalue weighted by atomic mass is 19.1. The molecule has 2 aromatic heterocycles. The molecule has 1 aliphatic rings. The molecule has 1 unspecified atom stereocenters. The number of ether oxygens (including phenoxy) is 5. The quantitative estimate of drug-likeness (QED) is 0.200. The minimum absolute atomic E-state index is 0.0503. The number of halogens is 1. The van der Waals surface area contributed by atoms with Gasteiger partial charge in [0.1, 0.15) is 29.6 Å². The number of nitrogens with zero attached hydrogens (tertiary/aromatic N) is 3. The second-order valence-electron chi connectivity index (χ2n) is 11.4. The lowest BCUT2D eigenvalue weighted by molar-refractivity contribution is -0.150. The highest BCUT2D eigenvalue weighted by Gasteiger charge is 2.37. The molecular formula is C35H34FN5O8. The zero-order valence-electron chi connectivity index (χ0n) is 27.1. The van der Waals surface area contributed by atoms with Crippen molar-refractivity contribution in [2.75, 3.05) is 26.1 Å². The van der Waals surface area contributed by atoms with E-state index >= 15 is 4.39 Å². The number of nitrogens with two attached hydrogens (primary N) is 1. The van der Waals surface area contributed by atoms with Gasteiger partial charge in [-0.2, -0.15) is 0 Å². The number of hydrogen-bond donors (Lipinski definition) is 2. The number of amides is 1. The lowest BCUT2D eigenvalue weighted by Crippen LogP contribution is -2.32. The van der Waals surface area contributed by atoms with Gasteiger partial charge in [0.15, 0.2) is 23.1 Å². The number of nitrogens with one attached hydrogen (secondary N) is 1. The van der Waals surface area contributed by atoms with Crippen LogP contribution >= 0.6 is 0 Å². The van der Waals surface area contributed by atoms with Gasteiger partial charge in [0.2, 0.25) is 0 Å². The second-order valence-corrected chi connectivity index (χ2v) is 11.4. The Balaban J connectivity index is 1.29. The Morgan fingerprint density at radius 1 is 1.02 bits per heavy atom. The number of pyridine rings is 1. The Labute approximate surface area is 279 Å². The van der Waals surface area contributed by atoms with E-state index in [0.29, 0.717) is 33.8 Å². The number of benzene rings is 3. The van der Waals surface area contributed by atoms with Gasteiger partial charge in [-0.3, -0.25) is 24.0 Å². The Kier molecular flexibility index (Phi) is 9.33. The normalized spacial score (nSPS) is 16.3. The summed E-state index contributed by atoms with van der Waals surface area (Å²) in [4.78, 5) is 44.2. The average Bonchev–Trinajstić information content (AvgIpc) is 3.66. The lowest BCUT2D eigenvalue weighted by Gasteiger charge is -2.16. The number of para-hydroxylation sites is 1. The molecule has 0 radical (unpaired) electrons. The molecule has 6 rings (SSSR count). The van der Waals surface area contributed by atoms with E-state index in [-0.39, 0.29) is 35.7 Å². The van der Waals surface area contributed by atoms with Crippen LogP contribution in [0.15, 0.2) is 77.7 Å². The van der Waals surface area contributed by atoms with Crippen molar-refractivity contribution >= 4 is 28.5 Å². The summed E-state index contributed by atoms with van der Waals surface area (Å²) >= 11 is 0. The third-order valence-electron chi connectivity index (χ3n) is 8.08. The molecular weight excluding hydrogens is 637 g/mol. The molecule has 3 aromatic carbocycles. The van der Waals surface area contributed by atoms with Crippen molar-refractivity contribution in [3.8, 4) is 28.7 Å². The van der Waals surface area contributed by atoms with E-state index in [0.717, 1.165) is 6.07 Å². The molecule has 0 aliphatic carbocycles. The molecule has 3 N–H and O–H groups in total. The van der Waals surface area contributed by atoms with Gasteiger partial charge in [0.05, 0.1) is 37.7 Å². The van der Waals surface area contributed by atoms with Gasteiger partial charge < -0.3 is 34.7 Å². The molecule has 3 atom stereocenters. The zero-order chi connectivity index (χ0) is 34.8. The number of carbonyl (C=O) groups is 2. The van der Waals surface area contributed by atoms with Crippen molar-refractivity contribution < 1.29 is 37.7 Å². The number of carbonyl (C=O) groups excluding carboxylic acids is 2. The number of esters is 1. The van der Waals surface area contributed by atoms with Gasteiger partial charge in [0, 0.05) is 42.9 Å². The van der Waals surface area contributed by atoms with Crippen LogP contribution in [0.25, 0.3) is 16.6 Å². The van der Waals surface area contributed by atoms with E-state index in [9.17, 15) is 14.4 Å². The van der Waals surface area contributed by atoms with Crippen LogP contribution in [-0.4, -0.2) is 59.2 Å². The third-order valence-corrected chi connectivity index (χ3v) is 8.08. The fourth-order valence-electron chi connectivity index (χ4n) is 5.72. The molecule has 3 heterocycles. The van der Waals surface area contributed by atoms with E-state index in [4.69, 9.17) is 29.4 Å².